The maximum absolute atomic E-state index is 13.2. The van der Waals surface area contributed by atoms with E-state index in [-0.39, 0.29) is 19.2 Å². The second-order valence-electron chi connectivity index (χ2n) is 6.63. The smallest absolute Gasteiger partial charge is 0.316 e. The van der Waals surface area contributed by atoms with Gasteiger partial charge in [0.2, 0.25) is 0 Å². The Hall–Kier alpha value is -2.35. The molecule has 2 aromatic carbocycles. The summed E-state index contributed by atoms with van der Waals surface area (Å²) >= 11 is 1.70. The molecule has 2 aromatic rings. The van der Waals surface area contributed by atoms with Crippen molar-refractivity contribution in [1.82, 2.24) is 0 Å². The summed E-state index contributed by atoms with van der Waals surface area (Å²) in [7, 11) is 1.59. The van der Waals surface area contributed by atoms with Crippen molar-refractivity contribution in [2.75, 3.05) is 39.5 Å². The van der Waals surface area contributed by atoms with Crippen molar-refractivity contribution in [3.63, 3.8) is 0 Å². The number of thioether (sulfide) groups is 1. The van der Waals surface area contributed by atoms with E-state index < -0.39 is 11.9 Å². The number of carbonyl (C=O) groups excluding carboxylic acids is 2. The predicted molar refractivity (Wildman–Crippen MR) is 121 cm³/mol. The number of ketones is 1. The number of carbonyl (C=O) groups is 2. The van der Waals surface area contributed by atoms with Crippen LogP contribution in [0.3, 0.4) is 0 Å². The molecule has 0 heterocycles. The molecule has 31 heavy (non-hydrogen) atoms. The molecule has 0 aliphatic carbocycles. The van der Waals surface area contributed by atoms with Crippen molar-refractivity contribution in [2.45, 2.75) is 24.7 Å². The number of rotatable bonds is 15. The maximum atomic E-state index is 13.2. The number of esters is 1. The van der Waals surface area contributed by atoms with Gasteiger partial charge in [-0.1, -0.05) is 30.3 Å². The lowest BCUT2D eigenvalue weighted by atomic mass is 9.93. The zero-order valence-corrected chi connectivity index (χ0v) is 18.9. The van der Waals surface area contributed by atoms with Gasteiger partial charge in [-0.05, 0) is 49.8 Å². The van der Waals surface area contributed by atoms with Gasteiger partial charge in [-0.2, -0.15) is 0 Å². The molecule has 0 fully saturated rings. The lowest BCUT2D eigenvalue weighted by Crippen LogP contribution is -2.27. The fraction of sp³-hybridized carbons (Fsp3) is 0.417. The van der Waals surface area contributed by atoms with Gasteiger partial charge in [0.15, 0.2) is 12.6 Å². The van der Waals surface area contributed by atoms with Crippen LogP contribution in [0.1, 0.15) is 30.1 Å². The molecule has 0 radical (unpaired) electrons. The second-order valence-corrected chi connectivity index (χ2v) is 7.80. The third-order valence-electron chi connectivity index (χ3n) is 4.42. The third-order valence-corrected chi connectivity index (χ3v) is 5.52. The van der Waals surface area contributed by atoms with E-state index >= 15 is 0 Å². The first-order valence-corrected chi connectivity index (χ1v) is 11.3. The number of hydrogen-bond acceptors (Lipinski definition) is 7. The standard InChI is InChI=1S/C24H30O6S/c1-3-29-24(26)21(13-9-17-31-19-10-5-4-6-11-19)23(25)20-12-7-8-14-22(20)30-18-28-16-15-27-2/h4-8,10-12,14,21H,3,9,13,15-18H2,1-2H3. The minimum atomic E-state index is -0.865. The minimum absolute atomic E-state index is 0.00849. The van der Waals surface area contributed by atoms with Gasteiger partial charge in [0, 0.05) is 12.0 Å². The number of benzene rings is 2. The van der Waals surface area contributed by atoms with Gasteiger partial charge in [-0.3, -0.25) is 9.59 Å². The second kappa shape index (κ2) is 14.6. The van der Waals surface area contributed by atoms with Gasteiger partial charge >= 0.3 is 5.97 Å². The number of methoxy groups -OCH3 is 1. The molecular formula is C24H30O6S. The van der Waals surface area contributed by atoms with Gasteiger partial charge in [0.05, 0.1) is 25.4 Å². The molecule has 0 bridgehead atoms. The molecular weight excluding hydrogens is 416 g/mol. The van der Waals surface area contributed by atoms with Crippen LogP contribution < -0.4 is 4.74 Å². The quantitative estimate of drug-likeness (QED) is 0.0987. The van der Waals surface area contributed by atoms with Crippen LogP contribution in [-0.2, 0) is 19.0 Å². The van der Waals surface area contributed by atoms with Gasteiger partial charge in [-0.25, -0.2) is 0 Å². The van der Waals surface area contributed by atoms with E-state index in [0.29, 0.717) is 37.4 Å². The Bertz CT molecular complexity index is 796. The zero-order chi connectivity index (χ0) is 22.3. The molecule has 168 valence electrons. The van der Waals surface area contributed by atoms with E-state index in [1.54, 1.807) is 50.1 Å². The summed E-state index contributed by atoms with van der Waals surface area (Å²) < 4.78 is 21.1. The first-order valence-electron chi connectivity index (χ1n) is 10.3. The third kappa shape index (κ3) is 8.73. The Morgan fingerprint density at radius 1 is 1.00 bits per heavy atom. The van der Waals surface area contributed by atoms with Crippen LogP contribution in [0.2, 0.25) is 0 Å². The average Bonchev–Trinajstić information content (AvgIpc) is 2.79. The van der Waals surface area contributed by atoms with Crippen molar-refractivity contribution in [3.05, 3.63) is 60.2 Å². The molecule has 0 N–H and O–H groups in total. The molecule has 0 spiro atoms. The van der Waals surface area contributed by atoms with E-state index in [9.17, 15) is 9.59 Å². The minimum Gasteiger partial charge on any atom is -0.467 e. The van der Waals surface area contributed by atoms with Crippen LogP contribution in [0, 0.1) is 5.92 Å². The molecule has 1 atom stereocenters. The maximum Gasteiger partial charge on any atom is 0.316 e. The number of hydrogen-bond donors (Lipinski definition) is 0. The normalized spacial score (nSPS) is 11.7. The Balaban J connectivity index is 2.00. The van der Waals surface area contributed by atoms with E-state index in [0.717, 1.165) is 10.6 Å². The fourth-order valence-electron chi connectivity index (χ4n) is 2.88. The summed E-state index contributed by atoms with van der Waals surface area (Å²) in [5, 5.41) is 0. The van der Waals surface area contributed by atoms with Gasteiger partial charge in [0.25, 0.3) is 0 Å². The van der Waals surface area contributed by atoms with Crippen molar-refractivity contribution in [2.24, 2.45) is 5.92 Å². The SMILES string of the molecule is CCOC(=O)C(CCCSc1ccccc1)C(=O)c1ccccc1OCOCCOC. The van der Waals surface area contributed by atoms with Gasteiger partial charge < -0.3 is 18.9 Å². The Morgan fingerprint density at radius 3 is 2.48 bits per heavy atom. The molecule has 0 amide bonds. The highest BCUT2D eigenvalue weighted by Crippen LogP contribution is 2.26. The van der Waals surface area contributed by atoms with E-state index in [1.165, 1.54) is 0 Å². The molecule has 0 saturated heterocycles. The molecule has 2 rings (SSSR count). The van der Waals surface area contributed by atoms with Crippen molar-refractivity contribution < 1.29 is 28.5 Å². The van der Waals surface area contributed by atoms with Crippen molar-refractivity contribution in [3.8, 4) is 5.75 Å². The van der Waals surface area contributed by atoms with Gasteiger partial charge in [-0.15, -0.1) is 11.8 Å². The number of ether oxygens (including phenoxy) is 4. The van der Waals surface area contributed by atoms with Crippen molar-refractivity contribution >= 4 is 23.5 Å². The van der Waals surface area contributed by atoms with Gasteiger partial charge in [0.1, 0.15) is 11.7 Å². The first kappa shape index (κ1) is 24.9. The van der Waals surface area contributed by atoms with Crippen LogP contribution in [0.15, 0.2) is 59.5 Å². The highest BCUT2D eigenvalue weighted by molar-refractivity contribution is 7.99. The summed E-state index contributed by atoms with van der Waals surface area (Å²) in [6, 6.07) is 16.9. The molecule has 0 aliphatic rings. The molecule has 1 unspecified atom stereocenters. The largest absolute Gasteiger partial charge is 0.467 e. The summed E-state index contributed by atoms with van der Waals surface area (Å²) in [6.45, 7) is 2.80. The Kier molecular flexibility index (Phi) is 11.8. The Morgan fingerprint density at radius 2 is 1.74 bits per heavy atom. The molecule has 0 aromatic heterocycles. The van der Waals surface area contributed by atoms with Crippen LogP contribution >= 0.6 is 11.8 Å². The fourth-order valence-corrected chi connectivity index (χ4v) is 3.78. The summed E-state index contributed by atoms with van der Waals surface area (Å²) in [4.78, 5) is 26.9. The van der Waals surface area contributed by atoms with Crippen LogP contribution in [0.4, 0.5) is 0 Å². The number of Topliss-reactive ketones (excluding diaryl/α,β-unsaturated/α-hetero) is 1. The Labute approximate surface area is 188 Å². The highest BCUT2D eigenvalue weighted by Gasteiger charge is 2.30. The summed E-state index contributed by atoms with van der Waals surface area (Å²) in [5.41, 5.74) is 0.353. The summed E-state index contributed by atoms with van der Waals surface area (Å²) in [6.07, 6.45) is 1.12. The molecule has 0 saturated carbocycles. The van der Waals surface area contributed by atoms with E-state index in [4.69, 9.17) is 18.9 Å². The van der Waals surface area contributed by atoms with Crippen LogP contribution in [-0.4, -0.2) is 51.2 Å². The summed E-state index contributed by atoms with van der Waals surface area (Å²) in [5.74, 6) is -0.467. The van der Waals surface area contributed by atoms with Crippen LogP contribution in [0.5, 0.6) is 5.75 Å². The monoisotopic (exact) mass is 446 g/mol. The molecule has 0 aliphatic heterocycles. The highest BCUT2D eigenvalue weighted by atomic mass is 32.2. The zero-order valence-electron chi connectivity index (χ0n) is 18.1. The number of para-hydroxylation sites is 1. The molecule has 7 heteroatoms. The predicted octanol–water partition coefficient (Wildman–Crippen LogP) is 4.62. The first-order chi connectivity index (χ1) is 15.2. The van der Waals surface area contributed by atoms with Crippen molar-refractivity contribution in [1.29, 1.82) is 0 Å². The van der Waals surface area contributed by atoms with Crippen LogP contribution in [0.25, 0.3) is 0 Å². The lowest BCUT2D eigenvalue weighted by Gasteiger charge is -2.17. The van der Waals surface area contributed by atoms with E-state index in [1.807, 2.05) is 30.3 Å². The lowest BCUT2D eigenvalue weighted by molar-refractivity contribution is -0.146. The van der Waals surface area contributed by atoms with E-state index in [2.05, 4.69) is 0 Å². The molecule has 6 nitrogen and oxygen atoms in total. The topological polar surface area (TPSA) is 71.1 Å². The average molecular weight is 447 g/mol.